The van der Waals surface area contributed by atoms with Gasteiger partial charge in [0, 0.05) is 15.5 Å². The molecule has 0 bridgehead atoms. The standard InChI is InChI=1S/C42H28BNS/c1-4-15-29(16-5-1)32-27-33(30-17-6-2-7-18-30)41(34(28-32)31-19-8-3-9-20-31)43-35-21-10-11-23-37(35)44-38-24-12-13-25-39(38)45-40-26-14-22-36(43)42(40)44/h1-28H. The first-order chi connectivity index (χ1) is 22.3. The molecule has 2 heterocycles. The molecule has 2 aliphatic heterocycles. The molecule has 0 aromatic heterocycles. The number of benzene rings is 7. The van der Waals surface area contributed by atoms with Crippen molar-refractivity contribution in [2.75, 3.05) is 4.90 Å². The summed E-state index contributed by atoms with van der Waals surface area (Å²) in [4.78, 5) is 5.09. The zero-order valence-electron chi connectivity index (χ0n) is 24.6. The summed E-state index contributed by atoms with van der Waals surface area (Å²) in [6, 6.07) is 62.2. The van der Waals surface area contributed by atoms with E-state index >= 15 is 0 Å². The van der Waals surface area contributed by atoms with Crippen LogP contribution in [-0.4, -0.2) is 6.71 Å². The van der Waals surface area contributed by atoms with Crippen LogP contribution in [0, 0.1) is 0 Å². The number of fused-ring (bicyclic) bond motifs is 4. The first kappa shape index (κ1) is 26.2. The third-order valence-electron chi connectivity index (χ3n) is 9.12. The summed E-state index contributed by atoms with van der Waals surface area (Å²) < 4.78 is 0. The van der Waals surface area contributed by atoms with E-state index in [4.69, 9.17) is 0 Å². The van der Waals surface area contributed by atoms with Gasteiger partial charge in [-0.15, -0.1) is 0 Å². The molecule has 0 amide bonds. The van der Waals surface area contributed by atoms with Gasteiger partial charge in [-0.25, -0.2) is 0 Å². The third kappa shape index (κ3) is 4.27. The number of para-hydroxylation sites is 3. The molecule has 0 atom stereocenters. The third-order valence-corrected chi connectivity index (χ3v) is 10.2. The predicted molar refractivity (Wildman–Crippen MR) is 193 cm³/mol. The molecular weight excluding hydrogens is 561 g/mol. The molecule has 0 N–H and O–H groups in total. The van der Waals surface area contributed by atoms with Crippen molar-refractivity contribution in [3.8, 4) is 33.4 Å². The Labute approximate surface area is 268 Å². The molecule has 0 fully saturated rings. The fourth-order valence-corrected chi connectivity index (χ4v) is 8.30. The van der Waals surface area contributed by atoms with Crippen molar-refractivity contribution in [3.05, 3.63) is 170 Å². The van der Waals surface area contributed by atoms with Crippen LogP contribution in [0.2, 0.25) is 0 Å². The number of nitrogens with zero attached hydrogens (tertiary/aromatic N) is 1. The molecule has 210 valence electrons. The Morgan fingerprint density at radius 1 is 0.400 bits per heavy atom. The fourth-order valence-electron chi connectivity index (χ4n) is 7.20. The molecule has 0 saturated heterocycles. The topological polar surface area (TPSA) is 3.24 Å². The number of hydrogen-bond acceptors (Lipinski definition) is 2. The van der Waals surface area contributed by atoms with E-state index in [9.17, 15) is 0 Å². The molecule has 1 nitrogen and oxygen atoms in total. The van der Waals surface area contributed by atoms with Gasteiger partial charge in [0.05, 0.1) is 11.4 Å². The molecule has 2 aliphatic rings. The summed E-state index contributed by atoms with van der Waals surface area (Å²) in [6.45, 7) is 0.0356. The summed E-state index contributed by atoms with van der Waals surface area (Å²) in [5, 5.41) is 0. The van der Waals surface area contributed by atoms with Crippen LogP contribution in [0.3, 0.4) is 0 Å². The quantitative estimate of drug-likeness (QED) is 0.188. The second-order valence-electron chi connectivity index (χ2n) is 11.7. The molecule has 0 spiro atoms. The van der Waals surface area contributed by atoms with Crippen molar-refractivity contribution in [2.24, 2.45) is 0 Å². The maximum atomic E-state index is 2.51. The lowest BCUT2D eigenvalue weighted by Crippen LogP contribution is -2.58. The molecule has 9 rings (SSSR count). The van der Waals surface area contributed by atoms with Gasteiger partial charge in [0.1, 0.15) is 0 Å². The van der Waals surface area contributed by atoms with Gasteiger partial charge in [-0.1, -0.05) is 151 Å². The molecule has 0 radical (unpaired) electrons. The van der Waals surface area contributed by atoms with Crippen LogP contribution >= 0.6 is 11.8 Å². The van der Waals surface area contributed by atoms with Gasteiger partial charge in [0.25, 0.3) is 0 Å². The van der Waals surface area contributed by atoms with E-state index in [1.165, 1.54) is 76.6 Å². The van der Waals surface area contributed by atoms with Crippen LogP contribution in [-0.2, 0) is 0 Å². The average molecular weight is 590 g/mol. The Kier molecular flexibility index (Phi) is 6.24. The Morgan fingerprint density at radius 3 is 1.58 bits per heavy atom. The lowest BCUT2D eigenvalue weighted by Gasteiger charge is -2.42. The summed E-state index contributed by atoms with van der Waals surface area (Å²) >= 11 is 1.88. The normalized spacial score (nSPS) is 12.7. The molecule has 0 saturated carbocycles. The maximum Gasteiger partial charge on any atom is 0.248 e. The lowest BCUT2D eigenvalue weighted by atomic mass is 9.33. The highest BCUT2D eigenvalue weighted by molar-refractivity contribution is 7.99. The molecule has 0 aliphatic carbocycles. The van der Waals surface area contributed by atoms with Gasteiger partial charge in [0.2, 0.25) is 6.71 Å². The maximum absolute atomic E-state index is 2.51. The summed E-state index contributed by atoms with van der Waals surface area (Å²) in [7, 11) is 0. The zero-order valence-corrected chi connectivity index (χ0v) is 25.4. The van der Waals surface area contributed by atoms with Crippen molar-refractivity contribution < 1.29 is 0 Å². The minimum Gasteiger partial charge on any atom is -0.309 e. The molecule has 7 aromatic rings. The van der Waals surface area contributed by atoms with Gasteiger partial charge in [-0.2, -0.15) is 0 Å². The van der Waals surface area contributed by atoms with Crippen LogP contribution in [0.25, 0.3) is 33.4 Å². The highest BCUT2D eigenvalue weighted by Gasteiger charge is 2.41. The Hall–Kier alpha value is -5.25. The smallest absolute Gasteiger partial charge is 0.248 e. The van der Waals surface area contributed by atoms with Gasteiger partial charge in [0.15, 0.2) is 0 Å². The monoisotopic (exact) mass is 589 g/mol. The number of hydrogen-bond donors (Lipinski definition) is 0. The summed E-state index contributed by atoms with van der Waals surface area (Å²) in [5.74, 6) is 0. The van der Waals surface area contributed by atoms with Gasteiger partial charge in [-0.3, -0.25) is 0 Å². The second-order valence-corrected chi connectivity index (χ2v) is 12.8. The van der Waals surface area contributed by atoms with Crippen molar-refractivity contribution in [1.82, 2.24) is 0 Å². The first-order valence-electron chi connectivity index (χ1n) is 15.5. The van der Waals surface area contributed by atoms with E-state index < -0.39 is 0 Å². The Balaban J connectivity index is 1.40. The predicted octanol–water partition coefficient (Wildman–Crippen LogP) is 9.45. The first-order valence-corrected chi connectivity index (χ1v) is 16.3. The number of rotatable bonds is 4. The molecular formula is C42H28BNS. The minimum absolute atomic E-state index is 0.0356. The van der Waals surface area contributed by atoms with E-state index in [-0.39, 0.29) is 6.71 Å². The van der Waals surface area contributed by atoms with Crippen LogP contribution in [0.1, 0.15) is 0 Å². The minimum atomic E-state index is 0.0356. The van der Waals surface area contributed by atoms with Gasteiger partial charge < -0.3 is 4.90 Å². The molecule has 3 heteroatoms. The summed E-state index contributed by atoms with van der Waals surface area (Å²) in [5.41, 5.74) is 15.3. The van der Waals surface area contributed by atoms with Gasteiger partial charge >= 0.3 is 0 Å². The van der Waals surface area contributed by atoms with Crippen LogP contribution < -0.4 is 21.3 Å². The lowest BCUT2D eigenvalue weighted by molar-refractivity contribution is 1.17. The second kappa shape index (κ2) is 10.7. The highest BCUT2D eigenvalue weighted by Crippen LogP contribution is 2.51. The average Bonchev–Trinajstić information content (AvgIpc) is 3.12. The van der Waals surface area contributed by atoms with Crippen molar-refractivity contribution in [2.45, 2.75) is 9.79 Å². The molecule has 0 unspecified atom stereocenters. The Bertz CT molecular complexity index is 2130. The molecule has 7 aromatic carbocycles. The van der Waals surface area contributed by atoms with E-state index in [2.05, 4.69) is 175 Å². The van der Waals surface area contributed by atoms with E-state index in [0.29, 0.717) is 0 Å². The van der Waals surface area contributed by atoms with Crippen molar-refractivity contribution in [3.63, 3.8) is 0 Å². The zero-order chi connectivity index (χ0) is 29.7. The van der Waals surface area contributed by atoms with E-state index in [0.717, 1.165) is 0 Å². The Morgan fingerprint density at radius 2 is 0.911 bits per heavy atom. The fraction of sp³-hybridized carbons (Fsp3) is 0. The van der Waals surface area contributed by atoms with Crippen molar-refractivity contribution in [1.29, 1.82) is 0 Å². The van der Waals surface area contributed by atoms with Crippen molar-refractivity contribution >= 4 is 51.9 Å². The van der Waals surface area contributed by atoms with Crippen LogP contribution in [0.4, 0.5) is 17.1 Å². The van der Waals surface area contributed by atoms with E-state index in [1.807, 2.05) is 11.8 Å². The van der Waals surface area contributed by atoms with Crippen LogP contribution in [0.15, 0.2) is 180 Å². The van der Waals surface area contributed by atoms with E-state index in [1.54, 1.807) is 0 Å². The summed E-state index contributed by atoms with van der Waals surface area (Å²) in [6.07, 6.45) is 0. The van der Waals surface area contributed by atoms with Gasteiger partial charge in [-0.05, 0) is 80.7 Å². The molecule has 45 heavy (non-hydrogen) atoms. The highest BCUT2D eigenvalue weighted by atomic mass is 32.2. The van der Waals surface area contributed by atoms with Crippen LogP contribution in [0.5, 0.6) is 0 Å². The SMILES string of the molecule is c1ccc(-c2cc(-c3ccccc3)c(B3c4ccccc4N4c5ccccc5Sc5cccc3c54)c(-c3ccccc3)c2)cc1. The largest absolute Gasteiger partial charge is 0.309 e. The number of anilines is 3.